The number of carboxylic acid groups (broad SMARTS) is 1. The van der Waals surface area contributed by atoms with Gasteiger partial charge in [-0.25, -0.2) is 0 Å². The fourth-order valence-electron chi connectivity index (χ4n) is 0.865. The first-order valence-corrected chi connectivity index (χ1v) is 6.88. The SMILES string of the molecule is CC[PH](C)(CC)CC(=O)O. The average Bonchev–Trinajstić information content (AvgIpc) is 1.87. The monoisotopic (exact) mass is 164 g/mol. The summed E-state index contributed by atoms with van der Waals surface area (Å²) in [6.07, 6.45) is 2.59. The summed E-state index contributed by atoms with van der Waals surface area (Å²) in [5.41, 5.74) is 0. The molecule has 0 aliphatic rings. The van der Waals surface area contributed by atoms with Gasteiger partial charge in [-0.15, -0.1) is 0 Å². The molecule has 0 radical (unpaired) electrons. The number of carbonyl (C=O) groups is 1. The summed E-state index contributed by atoms with van der Waals surface area (Å²) < 4.78 is 0. The van der Waals surface area contributed by atoms with Gasteiger partial charge in [-0.3, -0.25) is 0 Å². The van der Waals surface area contributed by atoms with Gasteiger partial charge in [0.25, 0.3) is 0 Å². The van der Waals surface area contributed by atoms with E-state index in [1.807, 2.05) is 0 Å². The first-order valence-electron chi connectivity index (χ1n) is 3.76. The van der Waals surface area contributed by atoms with Crippen molar-refractivity contribution in [3.63, 3.8) is 0 Å². The van der Waals surface area contributed by atoms with Gasteiger partial charge in [0.1, 0.15) is 0 Å². The van der Waals surface area contributed by atoms with Crippen LogP contribution in [-0.4, -0.2) is 36.2 Å². The maximum atomic E-state index is 10.4. The second-order valence-corrected chi connectivity index (χ2v) is 8.48. The molecule has 0 unspecified atom stereocenters. The Morgan fingerprint density at radius 2 is 1.80 bits per heavy atom. The Kier molecular flexibility index (Phi) is 3.88. The van der Waals surface area contributed by atoms with Gasteiger partial charge in [0.2, 0.25) is 0 Å². The predicted molar refractivity (Wildman–Crippen MR) is 47.8 cm³/mol. The Morgan fingerprint density at radius 3 is 1.90 bits per heavy atom. The van der Waals surface area contributed by atoms with Gasteiger partial charge < -0.3 is 0 Å². The zero-order valence-electron chi connectivity index (χ0n) is 6.98. The van der Waals surface area contributed by atoms with Crippen LogP contribution in [0.3, 0.4) is 0 Å². The number of hydrogen-bond donors (Lipinski definition) is 1. The maximum absolute atomic E-state index is 10.4. The van der Waals surface area contributed by atoms with E-state index in [2.05, 4.69) is 20.5 Å². The third kappa shape index (κ3) is 3.17. The van der Waals surface area contributed by atoms with E-state index in [-0.39, 0.29) is 0 Å². The van der Waals surface area contributed by atoms with E-state index in [4.69, 9.17) is 5.11 Å². The molecule has 0 heterocycles. The van der Waals surface area contributed by atoms with Gasteiger partial charge in [0.05, 0.1) is 0 Å². The Morgan fingerprint density at radius 1 is 1.40 bits per heavy atom. The standard InChI is InChI=1S/C7H17O2P/c1-4-10(3,5-2)6-7(8)9/h10H,4-6H2,1-3H3,(H,8,9). The number of hydrogen-bond acceptors (Lipinski definition) is 1. The molecule has 0 bridgehead atoms. The van der Waals surface area contributed by atoms with Crippen molar-refractivity contribution in [2.45, 2.75) is 13.8 Å². The summed E-state index contributed by atoms with van der Waals surface area (Å²) in [6.45, 7) is 6.35. The minimum absolute atomic E-state index is 0.431. The van der Waals surface area contributed by atoms with Gasteiger partial charge in [-0.05, 0) is 0 Å². The molecule has 0 aromatic heterocycles. The molecule has 0 fully saturated rings. The third-order valence-corrected chi connectivity index (χ3v) is 6.86. The molecule has 0 rings (SSSR count). The van der Waals surface area contributed by atoms with E-state index < -0.39 is 13.2 Å². The zero-order chi connectivity index (χ0) is 8.20. The van der Waals surface area contributed by atoms with E-state index in [0.717, 1.165) is 12.3 Å². The zero-order valence-corrected chi connectivity index (χ0v) is 7.98. The second kappa shape index (κ2) is 3.92. The van der Waals surface area contributed by atoms with Crippen molar-refractivity contribution in [1.82, 2.24) is 0 Å². The molecule has 0 spiro atoms. The van der Waals surface area contributed by atoms with Crippen LogP contribution in [0.25, 0.3) is 0 Å². The first kappa shape index (κ1) is 9.90. The molecule has 10 heavy (non-hydrogen) atoms. The van der Waals surface area contributed by atoms with Crippen molar-refractivity contribution < 1.29 is 9.90 Å². The summed E-state index contributed by atoms with van der Waals surface area (Å²) in [5, 5.41) is 8.55. The third-order valence-electron chi connectivity index (χ3n) is 2.29. The Labute approximate surface area is 63.0 Å². The molecular weight excluding hydrogens is 147 g/mol. The van der Waals surface area contributed by atoms with Crippen molar-refractivity contribution in [2.75, 3.05) is 25.2 Å². The van der Waals surface area contributed by atoms with Gasteiger partial charge in [0.15, 0.2) is 0 Å². The van der Waals surface area contributed by atoms with Gasteiger partial charge in [-0.1, -0.05) is 0 Å². The molecule has 0 amide bonds. The van der Waals surface area contributed by atoms with Crippen LogP contribution >= 0.6 is 7.26 Å². The molecule has 0 aliphatic carbocycles. The van der Waals surface area contributed by atoms with Crippen LogP contribution in [-0.2, 0) is 4.79 Å². The van der Waals surface area contributed by atoms with Crippen molar-refractivity contribution in [3.8, 4) is 0 Å². The Balaban J connectivity index is 3.92. The van der Waals surface area contributed by atoms with Crippen molar-refractivity contribution >= 4 is 13.2 Å². The molecule has 2 nitrogen and oxygen atoms in total. The van der Waals surface area contributed by atoms with Crippen LogP contribution in [0.2, 0.25) is 0 Å². The fourth-order valence-corrected chi connectivity index (χ4v) is 2.60. The van der Waals surface area contributed by atoms with E-state index in [1.165, 1.54) is 0 Å². The van der Waals surface area contributed by atoms with E-state index >= 15 is 0 Å². The molecular formula is C7H17O2P. The first-order chi connectivity index (χ1) is 4.54. The van der Waals surface area contributed by atoms with Crippen LogP contribution in [0, 0.1) is 0 Å². The minimum atomic E-state index is -1.36. The molecule has 0 aromatic rings. The van der Waals surface area contributed by atoms with Crippen LogP contribution in [0.1, 0.15) is 13.8 Å². The van der Waals surface area contributed by atoms with Crippen LogP contribution in [0.15, 0.2) is 0 Å². The summed E-state index contributed by atoms with van der Waals surface area (Å²) in [5.74, 6) is -0.627. The Bertz CT molecular complexity index is 119. The van der Waals surface area contributed by atoms with Crippen molar-refractivity contribution in [3.05, 3.63) is 0 Å². The van der Waals surface area contributed by atoms with E-state index in [0.29, 0.717) is 6.16 Å². The molecule has 1 N–H and O–H groups in total. The van der Waals surface area contributed by atoms with Gasteiger partial charge >= 0.3 is 62.1 Å². The van der Waals surface area contributed by atoms with E-state index in [9.17, 15) is 4.79 Å². The van der Waals surface area contributed by atoms with Crippen molar-refractivity contribution in [2.24, 2.45) is 0 Å². The Hall–Kier alpha value is -0.100. The van der Waals surface area contributed by atoms with E-state index in [1.54, 1.807) is 0 Å². The molecule has 0 saturated heterocycles. The normalized spacial score (nSPS) is 13.1. The fraction of sp³-hybridized carbons (Fsp3) is 0.857. The molecule has 62 valence electrons. The molecule has 0 atom stereocenters. The topological polar surface area (TPSA) is 37.3 Å². The van der Waals surface area contributed by atoms with Gasteiger partial charge in [0, 0.05) is 0 Å². The predicted octanol–water partition coefficient (Wildman–Crippen LogP) is 1.49. The van der Waals surface area contributed by atoms with Crippen molar-refractivity contribution in [1.29, 1.82) is 0 Å². The summed E-state index contributed by atoms with van der Waals surface area (Å²) in [4.78, 5) is 10.4. The van der Waals surface area contributed by atoms with Gasteiger partial charge in [-0.2, -0.15) is 0 Å². The average molecular weight is 164 g/mol. The van der Waals surface area contributed by atoms with Crippen LogP contribution in [0.4, 0.5) is 0 Å². The number of rotatable bonds is 4. The summed E-state index contributed by atoms with van der Waals surface area (Å²) >= 11 is 0. The molecule has 3 heteroatoms. The van der Waals surface area contributed by atoms with Crippen LogP contribution in [0.5, 0.6) is 0 Å². The van der Waals surface area contributed by atoms with Crippen LogP contribution < -0.4 is 0 Å². The quantitative estimate of drug-likeness (QED) is 0.639. The number of aliphatic carboxylic acids is 1. The molecule has 0 aromatic carbocycles. The number of carboxylic acids is 1. The molecule has 0 saturated carbocycles. The summed E-state index contributed by atoms with van der Waals surface area (Å²) in [7, 11) is -1.36. The second-order valence-electron chi connectivity index (χ2n) is 3.09. The molecule has 0 aliphatic heterocycles. The summed E-state index contributed by atoms with van der Waals surface area (Å²) in [6, 6.07) is 0.